The molecule has 0 radical (unpaired) electrons. The van der Waals surface area contributed by atoms with Crippen LogP contribution in [0.1, 0.15) is 23.0 Å². The lowest BCUT2D eigenvalue weighted by Gasteiger charge is -2.12. The third-order valence-electron chi connectivity index (χ3n) is 3.66. The Labute approximate surface area is 148 Å². The maximum atomic E-state index is 12.6. The van der Waals surface area contributed by atoms with Crippen molar-refractivity contribution in [1.82, 2.24) is 19.6 Å². The molecule has 0 spiro atoms. The number of hydrogen-bond acceptors (Lipinski definition) is 6. The van der Waals surface area contributed by atoms with Gasteiger partial charge in [-0.1, -0.05) is 6.58 Å². The molecule has 2 aromatic rings. The first-order chi connectivity index (χ1) is 12.3. The van der Waals surface area contributed by atoms with Crippen LogP contribution in [0, 0.1) is 6.92 Å². The summed E-state index contributed by atoms with van der Waals surface area (Å²) in [5.74, 6) is -0.366. The first-order valence-electron chi connectivity index (χ1n) is 7.63. The van der Waals surface area contributed by atoms with Crippen LogP contribution in [0.5, 0.6) is 5.88 Å². The van der Waals surface area contributed by atoms with Crippen molar-refractivity contribution in [3.63, 3.8) is 0 Å². The fourth-order valence-corrected chi connectivity index (χ4v) is 2.35. The van der Waals surface area contributed by atoms with Gasteiger partial charge in [-0.2, -0.15) is 14.8 Å². The van der Waals surface area contributed by atoms with Crippen molar-refractivity contribution >= 4 is 29.3 Å². The Hall–Kier alpha value is -3.56. The molecule has 0 saturated carbocycles. The lowest BCUT2D eigenvalue weighted by Crippen LogP contribution is -2.25. The molecule has 0 bridgehead atoms. The standard InChI is InChI=1S/C16H17N7O3/c1-8-6-12(18-14(25)11-7-22(4)21-15(11)26-5)23(20-8)16-17-10(3)9(2)13(24)19-16/h6-7H,2H2,1,3-5H3,(H,18,25). The quantitative estimate of drug-likeness (QED) is 0.823. The van der Waals surface area contributed by atoms with Crippen molar-refractivity contribution in [1.29, 1.82) is 0 Å². The Morgan fingerprint density at radius 1 is 1.27 bits per heavy atom. The first kappa shape index (κ1) is 17.3. The van der Waals surface area contributed by atoms with Crippen molar-refractivity contribution < 1.29 is 14.3 Å². The van der Waals surface area contributed by atoms with E-state index in [4.69, 9.17) is 4.74 Å². The van der Waals surface area contributed by atoms with Crippen LogP contribution < -0.4 is 10.1 Å². The first-order valence-corrected chi connectivity index (χ1v) is 7.63. The van der Waals surface area contributed by atoms with E-state index in [1.165, 1.54) is 22.7 Å². The smallest absolute Gasteiger partial charge is 0.281 e. The third kappa shape index (κ3) is 3.04. The molecule has 1 aliphatic rings. The van der Waals surface area contributed by atoms with Gasteiger partial charge in [0.1, 0.15) is 11.4 Å². The van der Waals surface area contributed by atoms with Gasteiger partial charge >= 0.3 is 0 Å². The molecule has 1 N–H and O–H groups in total. The van der Waals surface area contributed by atoms with E-state index in [0.29, 0.717) is 17.2 Å². The molecule has 0 aromatic carbocycles. The number of methoxy groups -OCH3 is 1. The van der Waals surface area contributed by atoms with Crippen molar-refractivity contribution in [2.24, 2.45) is 17.0 Å². The number of amides is 2. The van der Waals surface area contributed by atoms with E-state index in [2.05, 4.69) is 32.1 Å². The van der Waals surface area contributed by atoms with E-state index in [1.807, 2.05) is 0 Å². The van der Waals surface area contributed by atoms with E-state index in [1.54, 1.807) is 27.0 Å². The van der Waals surface area contributed by atoms with Gasteiger partial charge in [-0.15, -0.1) is 5.10 Å². The van der Waals surface area contributed by atoms with Gasteiger partial charge in [0.05, 0.1) is 24.1 Å². The number of aliphatic imine (C=N–C) groups is 2. The second-order valence-electron chi connectivity index (χ2n) is 5.66. The van der Waals surface area contributed by atoms with Gasteiger partial charge in [0, 0.05) is 19.3 Å². The summed E-state index contributed by atoms with van der Waals surface area (Å²) in [5, 5.41) is 11.0. The zero-order valence-corrected chi connectivity index (χ0v) is 14.8. The number of nitrogens with one attached hydrogen (secondary N) is 1. The highest BCUT2D eigenvalue weighted by atomic mass is 16.5. The zero-order chi connectivity index (χ0) is 19.0. The van der Waals surface area contributed by atoms with E-state index in [9.17, 15) is 9.59 Å². The molecule has 26 heavy (non-hydrogen) atoms. The highest BCUT2D eigenvalue weighted by Gasteiger charge is 2.23. The van der Waals surface area contributed by atoms with Crippen LogP contribution >= 0.6 is 0 Å². The molecule has 2 aromatic heterocycles. The Balaban J connectivity index is 1.96. The molecule has 2 amide bonds. The molecule has 10 nitrogen and oxygen atoms in total. The van der Waals surface area contributed by atoms with Crippen LogP contribution in [0.25, 0.3) is 0 Å². The number of aromatic nitrogens is 4. The molecule has 0 aliphatic carbocycles. The van der Waals surface area contributed by atoms with Crippen LogP contribution in [0.15, 0.2) is 34.4 Å². The van der Waals surface area contributed by atoms with Crippen LogP contribution in [0.3, 0.4) is 0 Å². The van der Waals surface area contributed by atoms with Gasteiger partial charge in [-0.25, -0.2) is 4.99 Å². The number of anilines is 1. The SMILES string of the molecule is C=C1C(=O)N=C(n2nc(C)cc2NC(=O)c2cn(C)nc2OC)N=C1C. The van der Waals surface area contributed by atoms with E-state index >= 15 is 0 Å². The van der Waals surface area contributed by atoms with E-state index in [0.717, 1.165) is 0 Å². The van der Waals surface area contributed by atoms with Gasteiger partial charge in [-0.3, -0.25) is 14.3 Å². The van der Waals surface area contributed by atoms with Crippen LogP contribution in [-0.2, 0) is 11.8 Å². The minimum absolute atomic E-state index is 0.0569. The molecule has 3 heterocycles. The number of aryl methyl sites for hydroxylation is 2. The van der Waals surface area contributed by atoms with Crippen molar-refractivity contribution in [2.45, 2.75) is 13.8 Å². The van der Waals surface area contributed by atoms with Gasteiger partial charge < -0.3 is 10.1 Å². The largest absolute Gasteiger partial charge is 0.479 e. The topological polar surface area (TPSA) is 116 Å². The third-order valence-corrected chi connectivity index (χ3v) is 3.66. The summed E-state index contributed by atoms with van der Waals surface area (Å²) in [7, 11) is 3.11. The van der Waals surface area contributed by atoms with Gasteiger partial charge in [0.2, 0.25) is 5.88 Å². The molecule has 134 valence electrons. The number of rotatable bonds is 3. The highest BCUT2D eigenvalue weighted by Crippen LogP contribution is 2.19. The number of ether oxygens (including phenoxy) is 1. The lowest BCUT2D eigenvalue weighted by atomic mass is 10.2. The summed E-state index contributed by atoms with van der Waals surface area (Å²) in [6.07, 6.45) is 1.54. The minimum Gasteiger partial charge on any atom is -0.479 e. The average molecular weight is 355 g/mol. The molecule has 1 aliphatic heterocycles. The number of carbonyl (C=O) groups excluding carboxylic acids is 2. The van der Waals surface area contributed by atoms with Crippen LogP contribution in [0.4, 0.5) is 5.82 Å². The molecule has 0 fully saturated rings. The van der Waals surface area contributed by atoms with E-state index in [-0.39, 0.29) is 23.0 Å². The lowest BCUT2D eigenvalue weighted by molar-refractivity contribution is -0.113. The Morgan fingerprint density at radius 3 is 2.65 bits per heavy atom. The van der Waals surface area contributed by atoms with E-state index < -0.39 is 11.8 Å². The predicted octanol–water partition coefficient (Wildman–Crippen LogP) is 0.947. The number of hydrogen-bond donors (Lipinski definition) is 1. The molecule has 3 rings (SSSR count). The zero-order valence-electron chi connectivity index (χ0n) is 14.8. The molecular formula is C16H17N7O3. The van der Waals surface area contributed by atoms with Gasteiger partial charge in [0.15, 0.2) is 0 Å². The predicted molar refractivity (Wildman–Crippen MR) is 94.8 cm³/mol. The summed E-state index contributed by atoms with van der Waals surface area (Å²) < 4.78 is 7.87. The summed E-state index contributed by atoms with van der Waals surface area (Å²) in [6.45, 7) is 7.04. The van der Waals surface area contributed by atoms with Crippen LogP contribution in [0.2, 0.25) is 0 Å². The van der Waals surface area contributed by atoms with Crippen molar-refractivity contribution in [3.8, 4) is 5.88 Å². The fourth-order valence-electron chi connectivity index (χ4n) is 2.35. The van der Waals surface area contributed by atoms with Gasteiger partial charge in [0.25, 0.3) is 17.8 Å². The molecule has 10 heteroatoms. The normalized spacial score (nSPS) is 14.2. The van der Waals surface area contributed by atoms with Crippen LogP contribution in [-0.4, -0.2) is 50.2 Å². The minimum atomic E-state index is -0.494. The van der Waals surface area contributed by atoms with Crippen molar-refractivity contribution in [3.05, 3.63) is 35.7 Å². The second kappa shape index (κ2) is 6.39. The van der Waals surface area contributed by atoms with Gasteiger partial charge in [-0.05, 0) is 13.8 Å². The summed E-state index contributed by atoms with van der Waals surface area (Å²) >= 11 is 0. The fraction of sp³-hybridized carbons (Fsp3) is 0.250. The summed E-state index contributed by atoms with van der Waals surface area (Å²) in [5.41, 5.74) is 1.55. The highest BCUT2D eigenvalue weighted by molar-refractivity contribution is 6.28. The Morgan fingerprint density at radius 2 is 2.00 bits per heavy atom. The van der Waals surface area contributed by atoms with Crippen molar-refractivity contribution in [2.75, 3.05) is 12.4 Å². The molecule has 0 saturated heterocycles. The average Bonchev–Trinajstić information content (AvgIpc) is 3.14. The second-order valence-corrected chi connectivity index (χ2v) is 5.66. The monoisotopic (exact) mass is 355 g/mol. The maximum Gasteiger partial charge on any atom is 0.281 e. The molecular weight excluding hydrogens is 338 g/mol. The Bertz CT molecular complexity index is 994. The maximum absolute atomic E-state index is 12.6. The number of nitrogens with zero attached hydrogens (tertiary/aromatic N) is 6. The number of carbonyl (C=O) groups is 2. The summed E-state index contributed by atoms with van der Waals surface area (Å²) in [4.78, 5) is 32.6. The molecule has 0 unspecified atom stereocenters. The Kier molecular flexibility index (Phi) is 4.24. The molecule has 0 atom stereocenters. The summed E-state index contributed by atoms with van der Waals surface area (Å²) in [6, 6.07) is 1.64.